The summed E-state index contributed by atoms with van der Waals surface area (Å²) >= 11 is -0.188. The number of nitrogens with zero attached hydrogens (tertiary/aromatic N) is 2. The van der Waals surface area contributed by atoms with E-state index in [-0.39, 0.29) is 41.2 Å². The molecule has 2 aliphatic heterocycles. The van der Waals surface area contributed by atoms with Gasteiger partial charge in [0.1, 0.15) is 5.60 Å². The van der Waals surface area contributed by atoms with Crippen molar-refractivity contribution < 1.29 is 31.1 Å². The second kappa shape index (κ2) is 8.84. The first-order chi connectivity index (χ1) is 15.5. The molecule has 0 radical (unpaired) electrons. The molecule has 6 nitrogen and oxygen atoms in total. The molecule has 1 spiro atoms. The number of thioether (sulfide) groups is 1. The highest BCUT2D eigenvalue weighted by Crippen LogP contribution is 2.38. The minimum atomic E-state index is -4.35. The summed E-state index contributed by atoms with van der Waals surface area (Å²) in [4.78, 5) is 14.3. The fraction of sp³-hybridized carbons (Fsp3) is 0.409. The summed E-state index contributed by atoms with van der Waals surface area (Å²) in [5, 5.41) is 0. The molecule has 33 heavy (non-hydrogen) atoms. The third-order valence-electron chi connectivity index (χ3n) is 5.86. The van der Waals surface area contributed by atoms with Gasteiger partial charge < -0.3 is 4.74 Å². The van der Waals surface area contributed by atoms with Crippen LogP contribution in [0.4, 0.5) is 18.0 Å². The molecule has 0 N–H and O–H groups in total. The van der Waals surface area contributed by atoms with Crippen molar-refractivity contribution in [3.8, 4) is 0 Å². The molecule has 1 amide bonds. The van der Waals surface area contributed by atoms with E-state index in [1.165, 1.54) is 21.3 Å². The molecule has 0 saturated carbocycles. The monoisotopic (exact) mass is 500 g/mol. The topological polar surface area (TPSA) is 66.9 Å². The van der Waals surface area contributed by atoms with Crippen molar-refractivity contribution >= 4 is 27.9 Å². The minimum Gasteiger partial charge on any atom is -0.441 e. The normalized spacial score (nSPS) is 19.2. The quantitative estimate of drug-likeness (QED) is 0.553. The Morgan fingerprint density at radius 3 is 2.21 bits per heavy atom. The molecule has 0 bridgehead atoms. The Kier molecular flexibility index (Phi) is 6.41. The molecule has 0 aromatic heterocycles. The van der Waals surface area contributed by atoms with E-state index in [4.69, 9.17) is 4.74 Å². The minimum absolute atomic E-state index is 0.0777. The van der Waals surface area contributed by atoms with Crippen LogP contribution in [0.15, 0.2) is 58.3 Å². The molecule has 0 aliphatic carbocycles. The van der Waals surface area contributed by atoms with Crippen LogP contribution in [-0.4, -0.2) is 54.5 Å². The smallest absolute Gasteiger partial charge is 0.441 e. The molecule has 11 heteroatoms. The van der Waals surface area contributed by atoms with Crippen LogP contribution in [0.1, 0.15) is 24.0 Å². The van der Waals surface area contributed by atoms with E-state index in [1.54, 1.807) is 36.4 Å². The number of aryl methyl sites for hydroxylation is 1. The highest BCUT2D eigenvalue weighted by Gasteiger charge is 2.48. The number of hydrogen-bond acceptors (Lipinski definition) is 5. The molecule has 2 aromatic carbocycles. The lowest BCUT2D eigenvalue weighted by atomic mass is 9.92. The molecule has 2 heterocycles. The fourth-order valence-electron chi connectivity index (χ4n) is 4.09. The van der Waals surface area contributed by atoms with Gasteiger partial charge in [-0.25, -0.2) is 13.2 Å². The summed E-state index contributed by atoms with van der Waals surface area (Å²) in [6, 6.07) is 12.5. The number of benzene rings is 2. The number of halogens is 3. The standard InChI is InChI=1S/C22H23F3N2O4S2/c1-16-2-8-19(9-3-16)33(29,30)27-12-10-21(11-13-27)15-26(20(28)31-21)14-17-4-6-18(7-5-17)32-22(23,24)25/h2-9H,10-15H2,1H3. The Hall–Kier alpha value is -2.24. The molecule has 2 aromatic rings. The number of carbonyl (C=O) groups is 1. The fourth-order valence-corrected chi connectivity index (χ4v) is 6.07. The average Bonchev–Trinajstić information content (AvgIpc) is 3.03. The molecule has 0 atom stereocenters. The number of carbonyl (C=O) groups excluding carboxylic acids is 1. The second-order valence-electron chi connectivity index (χ2n) is 8.32. The summed E-state index contributed by atoms with van der Waals surface area (Å²) in [7, 11) is -3.62. The third kappa shape index (κ3) is 5.47. The van der Waals surface area contributed by atoms with E-state index in [0.29, 0.717) is 24.9 Å². The average molecular weight is 501 g/mol. The van der Waals surface area contributed by atoms with Gasteiger partial charge in [-0.15, -0.1) is 0 Å². The van der Waals surface area contributed by atoms with Crippen molar-refractivity contribution in [3.63, 3.8) is 0 Å². The van der Waals surface area contributed by atoms with E-state index in [9.17, 15) is 26.4 Å². The number of piperidine rings is 1. The van der Waals surface area contributed by atoms with Crippen molar-refractivity contribution in [2.45, 2.75) is 47.2 Å². The Labute approximate surface area is 194 Å². The molecular weight excluding hydrogens is 477 g/mol. The largest absolute Gasteiger partial charge is 0.446 e. The maximum atomic E-state index is 12.9. The summed E-state index contributed by atoms with van der Waals surface area (Å²) in [5.74, 6) is 0. The summed E-state index contributed by atoms with van der Waals surface area (Å²) in [6.45, 7) is 2.88. The number of amides is 1. The van der Waals surface area contributed by atoms with Gasteiger partial charge in [0, 0.05) is 37.4 Å². The predicted octanol–water partition coefficient (Wildman–Crippen LogP) is 4.78. The van der Waals surface area contributed by atoms with Crippen LogP contribution in [0, 0.1) is 6.92 Å². The first-order valence-corrected chi connectivity index (χ1v) is 12.6. The van der Waals surface area contributed by atoms with Crippen LogP contribution in [0.3, 0.4) is 0 Å². The molecule has 4 rings (SSSR count). The Morgan fingerprint density at radius 1 is 1.03 bits per heavy atom. The number of alkyl halides is 3. The van der Waals surface area contributed by atoms with Gasteiger partial charge in [0.2, 0.25) is 10.0 Å². The van der Waals surface area contributed by atoms with Crippen molar-refractivity contribution in [2.24, 2.45) is 0 Å². The molecule has 178 valence electrons. The van der Waals surface area contributed by atoms with Crippen LogP contribution in [0.5, 0.6) is 0 Å². The van der Waals surface area contributed by atoms with Gasteiger partial charge in [0.05, 0.1) is 11.4 Å². The first-order valence-electron chi connectivity index (χ1n) is 10.4. The van der Waals surface area contributed by atoms with Gasteiger partial charge >= 0.3 is 11.6 Å². The zero-order valence-electron chi connectivity index (χ0n) is 17.8. The summed E-state index contributed by atoms with van der Waals surface area (Å²) in [6.07, 6.45) is 0.252. The van der Waals surface area contributed by atoms with E-state index in [2.05, 4.69) is 0 Å². The highest BCUT2D eigenvalue weighted by atomic mass is 32.2. The van der Waals surface area contributed by atoms with E-state index in [0.717, 1.165) is 5.56 Å². The number of sulfonamides is 1. The van der Waals surface area contributed by atoms with Crippen LogP contribution in [-0.2, 0) is 21.3 Å². The Bertz CT molecular complexity index is 1110. The van der Waals surface area contributed by atoms with Gasteiger partial charge in [-0.2, -0.15) is 17.5 Å². The van der Waals surface area contributed by atoms with E-state index >= 15 is 0 Å². The molecule has 2 aliphatic rings. The third-order valence-corrected chi connectivity index (χ3v) is 8.52. The Morgan fingerprint density at radius 2 is 1.64 bits per heavy atom. The van der Waals surface area contributed by atoms with Crippen molar-refractivity contribution in [2.75, 3.05) is 19.6 Å². The molecular formula is C22H23F3N2O4S2. The lowest BCUT2D eigenvalue weighted by Gasteiger charge is -2.36. The van der Waals surface area contributed by atoms with Crippen LogP contribution in [0.2, 0.25) is 0 Å². The second-order valence-corrected chi connectivity index (χ2v) is 11.4. The van der Waals surface area contributed by atoms with Crippen molar-refractivity contribution in [1.82, 2.24) is 9.21 Å². The van der Waals surface area contributed by atoms with Crippen LogP contribution < -0.4 is 0 Å². The lowest BCUT2D eigenvalue weighted by molar-refractivity contribution is -0.0328. The maximum Gasteiger partial charge on any atom is 0.446 e. The van der Waals surface area contributed by atoms with Crippen molar-refractivity contribution in [3.05, 3.63) is 59.7 Å². The predicted molar refractivity (Wildman–Crippen MR) is 117 cm³/mol. The van der Waals surface area contributed by atoms with Gasteiger partial charge in [-0.05, 0) is 48.5 Å². The number of rotatable bonds is 5. The SMILES string of the molecule is Cc1ccc(S(=O)(=O)N2CCC3(CC2)CN(Cc2ccc(SC(F)(F)F)cc2)C(=O)O3)cc1. The van der Waals surface area contributed by atoms with Gasteiger partial charge in [-0.3, -0.25) is 4.90 Å². The zero-order valence-corrected chi connectivity index (χ0v) is 19.5. The van der Waals surface area contributed by atoms with E-state index < -0.39 is 27.2 Å². The number of ether oxygens (including phenoxy) is 1. The maximum absolute atomic E-state index is 12.9. The highest BCUT2D eigenvalue weighted by molar-refractivity contribution is 8.00. The van der Waals surface area contributed by atoms with Crippen molar-refractivity contribution in [1.29, 1.82) is 0 Å². The molecule has 2 saturated heterocycles. The van der Waals surface area contributed by atoms with Crippen LogP contribution >= 0.6 is 11.8 Å². The van der Waals surface area contributed by atoms with Crippen LogP contribution in [0.25, 0.3) is 0 Å². The van der Waals surface area contributed by atoms with E-state index in [1.807, 2.05) is 6.92 Å². The lowest BCUT2D eigenvalue weighted by Crippen LogP contribution is -2.48. The van der Waals surface area contributed by atoms with Gasteiger partial charge in [0.15, 0.2) is 0 Å². The molecule has 0 unspecified atom stereocenters. The van der Waals surface area contributed by atoms with Gasteiger partial charge in [0.25, 0.3) is 0 Å². The van der Waals surface area contributed by atoms with Gasteiger partial charge in [-0.1, -0.05) is 29.8 Å². The summed E-state index contributed by atoms with van der Waals surface area (Å²) in [5.41, 5.74) is -3.45. The number of hydrogen-bond donors (Lipinski definition) is 0. The zero-order chi connectivity index (χ0) is 23.9. The Balaban J connectivity index is 1.37. The first kappa shape index (κ1) is 23.9. The molecule has 2 fully saturated rings. The summed E-state index contributed by atoms with van der Waals surface area (Å²) < 4.78 is 70.4.